The van der Waals surface area contributed by atoms with Gasteiger partial charge in [-0.05, 0) is 48.2 Å². The Morgan fingerprint density at radius 2 is 1.76 bits per heavy atom. The number of benzene rings is 2. The average molecular weight is 343 g/mol. The van der Waals surface area contributed by atoms with Crippen LogP contribution in [0, 0.1) is 5.82 Å². The summed E-state index contributed by atoms with van der Waals surface area (Å²) in [5, 5.41) is 19.7. The molecule has 2 aromatic rings. The van der Waals surface area contributed by atoms with E-state index in [0.29, 0.717) is 19.3 Å². The molecule has 0 spiro atoms. The van der Waals surface area contributed by atoms with Crippen molar-refractivity contribution in [1.29, 1.82) is 0 Å². The lowest BCUT2D eigenvalue weighted by molar-refractivity contribution is -0.0225. The first kappa shape index (κ1) is 17.6. The van der Waals surface area contributed by atoms with Crippen LogP contribution in [0.1, 0.15) is 34.3 Å². The third-order valence-corrected chi connectivity index (χ3v) is 4.82. The summed E-state index contributed by atoms with van der Waals surface area (Å²) in [4.78, 5) is 13.1. The molecule has 0 amide bonds. The van der Waals surface area contributed by atoms with Crippen LogP contribution >= 0.6 is 0 Å². The highest BCUT2D eigenvalue weighted by atomic mass is 19.1. The predicted octanol–water partition coefficient (Wildman–Crippen LogP) is 3.09. The second-order valence-corrected chi connectivity index (χ2v) is 6.81. The summed E-state index contributed by atoms with van der Waals surface area (Å²) < 4.78 is 13.3. The average Bonchev–Trinajstić information content (AvgIpc) is 2.57. The molecular formula is C20H22FNO3. The van der Waals surface area contributed by atoms with E-state index < -0.39 is 11.6 Å². The first-order valence-corrected chi connectivity index (χ1v) is 8.45. The largest absolute Gasteiger partial charge is 0.478 e. The number of hydrogen-bond donors (Lipinski definition) is 2. The molecule has 1 aliphatic heterocycles. The third-order valence-electron chi connectivity index (χ3n) is 4.82. The molecule has 0 radical (unpaired) electrons. The Hall–Kier alpha value is -2.24. The highest BCUT2D eigenvalue weighted by Crippen LogP contribution is 2.27. The molecule has 132 valence electrons. The van der Waals surface area contributed by atoms with E-state index in [1.165, 1.54) is 12.1 Å². The van der Waals surface area contributed by atoms with E-state index in [4.69, 9.17) is 5.11 Å². The van der Waals surface area contributed by atoms with Crippen molar-refractivity contribution in [3.05, 3.63) is 71.0 Å². The Balaban J connectivity index is 1.55. The molecule has 0 aliphatic carbocycles. The standard InChI is InChI=1S/C20H22FNO3/c21-18-3-1-2-16(12-18)13-20(25)8-10-22(11-9-20)14-15-4-6-17(7-5-15)19(23)24/h1-7,12,25H,8-11,13-14H2,(H,23,24). The molecule has 5 heteroatoms. The molecule has 1 aliphatic rings. The maximum Gasteiger partial charge on any atom is 0.335 e. The van der Waals surface area contributed by atoms with Crippen molar-refractivity contribution in [2.75, 3.05) is 13.1 Å². The fourth-order valence-corrected chi connectivity index (χ4v) is 3.34. The van der Waals surface area contributed by atoms with E-state index in [-0.39, 0.29) is 11.4 Å². The van der Waals surface area contributed by atoms with E-state index in [1.807, 2.05) is 18.2 Å². The van der Waals surface area contributed by atoms with E-state index in [2.05, 4.69) is 4.90 Å². The highest BCUT2D eigenvalue weighted by Gasteiger charge is 2.32. The number of carboxylic acid groups (broad SMARTS) is 1. The molecule has 1 fully saturated rings. The molecule has 25 heavy (non-hydrogen) atoms. The Morgan fingerprint density at radius 3 is 2.36 bits per heavy atom. The minimum atomic E-state index is -0.924. The molecule has 2 aromatic carbocycles. The van der Waals surface area contributed by atoms with Crippen LogP contribution in [-0.2, 0) is 13.0 Å². The Morgan fingerprint density at radius 1 is 1.08 bits per heavy atom. The number of aromatic carboxylic acids is 1. The van der Waals surface area contributed by atoms with Crippen molar-refractivity contribution in [1.82, 2.24) is 4.90 Å². The summed E-state index contributed by atoms with van der Waals surface area (Å²) in [6.07, 6.45) is 1.74. The molecule has 0 aromatic heterocycles. The van der Waals surface area contributed by atoms with E-state index >= 15 is 0 Å². The molecule has 0 unspecified atom stereocenters. The number of aliphatic hydroxyl groups is 1. The summed E-state index contributed by atoms with van der Waals surface area (Å²) in [6.45, 7) is 2.24. The third kappa shape index (κ3) is 4.65. The number of carbonyl (C=O) groups is 1. The van der Waals surface area contributed by atoms with Crippen LogP contribution in [0.5, 0.6) is 0 Å². The van der Waals surface area contributed by atoms with Gasteiger partial charge >= 0.3 is 5.97 Å². The van der Waals surface area contributed by atoms with Gasteiger partial charge in [-0.25, -0.2) is 9.18 Å². The van der Waals surface area contributed by atoms with Gasteiger partial charge in [-0.15, -0.1) is 0 Å². The van der Waals surface area contributed by atoms with Crippen LogP contribution in [0.2, 0.25) is 0 Å². The number of rotatable bonds is 5. The Bertz CT molecular complexity index is 737. The molecule has 0 atom stereocenters. The van der Waals surface area contributed by atoms with Gasteiger partial charge in [0.2, 0.25) is 0 Å². The van der Waals surface area contributed by atoms with Gasteiger partial charge < -0.3 is 10.2 Å². The van der Waals surface area contributed by atoms with Gasteiger partial charge in [-0.2, -0.15) is 0 Å². The summed E-state index contributed by atoms with van der Waals surface area (Å²) in [5.74, 6) is -1.20. The topological polar surface area (TPSA) is 60.8 Å². The zero-order valence-electron chi connectivity index (χ0n) is 14.0. The fraction of sp³-hybridized carbons (Fsp3) is 0.350. The number of piperidine rings is 1. The van der Waals surface area contributed by atoms with Crippen molar-refractivity contribution < 1.29 is 19.4 Å². The molecule has 2 N–H and O–H groups in total. The fourth-order valence-electron chi connectivity index (χ4n) is 3.34. The van der Waals surface area contributed by atoms with E-state index in [1.54, 1.807) is 18.2 Å². The molecule has 1 heterocycles. The minimum Gasteiger partial charge on any atom is -0.478 e. The Labute approximate surface area is 146 Å². The lowest BCUT2D eigenvalue weighted by Gasteiger charge is -2.38. The number of nitrogens with zero attached hydrogens (tertiary/aromatic N) is 1. The normalized spacial score (nSPS) is 17.4. The summed E-state index contributed by atoms with van der Waals surface area (Å²) >= 11 is 0. The maximum absolute atomic E-state index is 13.3. The van der Waals surface area contributed by atoms with Crippen LogP contribution in [0.3, 0.4) is 0 Å². The molecule has 0 saturated carbocycles. The Kier molecular flexibility index (Phi) is 5.16. The highest BCUT2D eigenvalue weighted by molar-refractivity contribution is 5.87. The zero-order valence-corrected chi connectivity index (χ0v) is 14.0. The summed E-state index contributed by atoms with van der Waals surface area (Å²) in [5.41, 5.74) is 1.37. The van der Waals surface area contributed by atoms with Gasteiger partial charge in [-0.1, -0.05) is 24.3 Å². The van der Waals surface area contributed by atoms with E-state index in [0.717, 1.165) is 30.8 Å². The lowest BCUT2D eigenvalue weighted by atomic mass is 9.85. The lowest BCUT2D eigenvalue weighted by Crippen LogP contribution is -2.45. The maximum atomic E-state index is 13.3. The van der Waals surface area contributed by atoms with Crippen LogP contribution in [0.25, 0.3) is 0 Å². The second-order valence-electron chi connectivity index (χ2n) is 6.81. The SMILES string of the molecule is O=C(O)c1ccc(CN2CCC(O)(Cc3cccc(F)c3)CC2)cc1. The number of carboxylic acids is 1. The molecule has 4 nitrogen and oxygen atoms in total. The van der Waals surface area contributed by atoms with Gasteiger partial charge in [0.1, 0.15) is 5.82 Å². The van der Waals surface area contributed by atoms with Crippen molar-refractivity contribution in [3.63, 3.8) is 0 Å². The monoisotopic (exact) mass is 343 g/mol. The quantitative estimate of drug-likeness (QED) is 0.876. The number of likely N-dealkylation sites (tertiary alicyclic amines) is 1. The minimum absolute atomic E-state index is 0.275. The van der Waals surface area contributed by atoms with Gasteiger partial charge in [0.05, 0.1) is 11.2 Å². The zero-order chi connectivity index (χ0) is 17.9. The molecule has 0 bridgehead atoms. The van der Waals surface area contributed by atoms with Crippen LogP contribution in [0.4, 0.5) is 4.39 Å². The van der Waals surface area contributed by atoms with E-state index in [9.17, 15) is 14.3 Å². The van der Waals surface area contributed by atoms with Gasteiger partial charge in [-0.3, -0.25) is 4.90 Å². The van der Waals surface area contributed by atoms with Crippen molar-refractivity contribution >= 4 is 5.97 Å². The van der Waals surface area contributed by atoms with Crippen molar-refractivity contribution in [3.8, 4) is 0 Å². The number of hydrogen-bond acceptors (Lipinski definition) is 3. The number of halogens is 1. The van der Waals surface area contributed by atoms with Crippen LogP contribution < -0.4 is 0 Å². The summed E-state index contributed by atoms with van der Waals surface area (Å²) in [6, 6.07) is 13.3. The smallest absolute Gasteiger partial charge is 0.335 e. The second kappa shape index (κ2) is 7.33. The van der Waals surface area contributed by atoms with Crippen molar-refractivity contribution in [2.24, 2.45) is 0 Å². The van der Waals surface area contributed by atoms with Crippen LogP contribution in [-0.4, -0.2) is 39.8 Å². The van der Waals surface area contributed by atoms with Crippen LogP contribution in [0.15, 0.2) is 48.5 Å². The molecular weight excluding hydrogens is 321 g/mol. The van der Waals surface area contributed by atoms with Crippen molar-refractivity contribution in [2.45, 2.75) is 31.4 Å². The molecule has 3 rings (SSSR count). The molecule has 1 saturated heterocycles. The van der Waals surface area contributed by atoms with Gasteiger partial charge in [0.15, 0.2) is 0 Å². The summed E-state index contributed by atoms with van der Waals surface area (Å²) in [7, 11) is 0. The van der Waals surface area contributed by atoms with Gasteiger partial charge in [0, 0.05) is 26.1 Å². The van der Waals surface area contributed by atoms with Gasteiger partial charge in [0.25, 0.3) is 0 Å². The first-order chi connectivity index (χ1) is 11.9. The first-order valence-electron chi connectivity index (χ1n) is 8.45. The predicted molar refractivity (Wildman–Crippen MR) is 93.0 cm³/mol.